The molecule has 0 spiro atoms. The lowest BCUT2D eigenvalue weighted by molar-refractivity contribution is 0.0504. The Labute approximate surface area is 187 Å². The second kappa shape index (κ2) is 7.66. The highest BCUT2D eigenvalue weighted by Crippen LogP contribution is 2.36. The number of piperidine rings is 3. The number of aromatic nitrogens is 8. The standard InChI is InChI=1S/C21H20F2N10/c22-15-2-1-3-17(19(15)23)33-21(27-28-30-33)14-8-13(9-25-20(14)24)16-10-32(29-26-16)18-11-31-6-4-12(18)5-7-31/h1-3,8-10,12,18H,4-7,11H2,(H2,24,25). The van der Waals surface area contributed by atoms with Crippen LogP contribution in [0, 0.1) is 17.6 Å². The minimum atomic E-state index is -1.06. The molecule has 6 heterocycles. The number of nitrogens with two attached hydrogens (primary N) is 1. The number of nitrogen functional groups attached to an aromatic ring is 1. The third-order valence-corrected chi connectivity index (χ3v) is 6.56. The number of pyridine rings is 1. The summed E-state index contributed by atoms with van der Waals surface area (Å²) in [6, 6.07) is 5.82. The molecule has 3 aliphatic heterocycles. The van der Waals surface area contributed by atoms with Crippen molar-refractivity contribution in [3.63, 3.8) is 0 Å². The average molecular weight is 450 g/mol. The third-order valence-electron chi connectivity index (χ3n) is 6.56. The first-order valence-corrected chi connectivity index (χ1v) is 10.7. The van der Waals surface area contributed by atoms with Crippen LogP contribution in [0.25, 0.3) is 28.3 Å². The Hall–Kier alpha value is -3.80. The third kappa shape index (κ3) is 3.33. The summed E-state index contributed by atoms with van der Waals surface area (Å²) >= 11 is 0. The molecule has 7 rings (SSSR count). The Morgan fingerprint density at radius 2 is 1.91 bits per heavy atom. The van der Waals surface area contributed by atoms with E-state index in [4.69, 9.17) is 5.73 Å². The molecule has 2 N–H and O–H groups in total. The maximum absolute atomic E-state index is 14.4. The fourth-order valence-corrected chi connectivity index (χ4v) is 4.77. The van der Waals surface area contributed by atoms with Crippen LogP contribution in [-0.2, 0) is 0 Å². The summed E-state index contributed by atoms with van der Waals surface area (Å²) in [5.41, 5.74) is 7.65. The van der Waals surface area contributed by atoms with Gasteiger partial charge in [0.25, 0.3) is 0 Å². The number of benzene rings is 1. The van der Waals surface area contributed by atoms with Crippen LogP contribution in [-0.4, -0.2) is 64.7 Å². The summed E-state index contributed by atoms with van der Waals surface area (Å²) in [4.78, 5) is 6.72. The lowest BCUT2D eigenvalue weighted by Crippen LogP contribution is -2.48. The highest BCUT2D eigenvalue weighted by molar-refractivity contribution is 5.75. The lowest BCUT2D eigenvalue weighted by atomic mass is 9.84. The summed E-state index contributed by atoms with van der Waals surface area (Å²) in [7, 11) is 0. The molecule has 1 atom stereocenters. The largest absolute Gasteiger partial charge is 0.383 e. The fourth-order valence-electron chi connectivity index (χ4n) is 4.77. The van der Waals surface area contributed by atoms with Crippen LogP contribution in [0.3, 0.4) is 0 Å². The highest BCUT2D eigenvalue weighted by Gasteiger charge is 2.36. The van der Waals surface area contributed by atoms with Crippen LogP contribution in [0.5, 0.6) is 0 Å². The number of hydrogen-bond acceptors (Lipinski definition) is 8. The number of hydrogen-bond donors (Lipinski definition) is 1. The molecule has 1 unspecified atom stereocenters. The molecule has 4 aromatic rings. The Morgan fingerprint density at radius 3 is 2.70 bits per heavy atom. The molecular formula is C21H20F2N10. The van der Waals surface area contributed by atoms with Crippen molar-refractivity contribution in [1.82, 2.24) is 45.1 Å². The van der Waals surface area contributed by atoms with Gasteiger partial charge in [-0.1, -0.05) is 11.3 Å². The van der Waals surface area contributed by atoms with E-state index in [1.54, 1.807) is 12.3 Å². The first-order valence-electron chi connectivity index (χ1n) is 10.7. The van der Waals surface area contributed by atoms with E-state index >= 15 is 0 Å². The van der Waals surface area contributed by atoms with E-state index in [9.17, 15) is 8.78 Å². The van der Waals surface area contributed by atoms with E-state index in [0.717, 1.165) is 30.4 Å². The van der Waals surface area contributed by atoms with Crippen molar-refractivity contribution in [1.29, 1.82) is 0 Å². The zero-order chi connectivity index (χ0) is 22.5. The van der Waals surface area contributed by atoms with E-state index < -0.39 is 11.6 Å². The molecule has 33 heavy (non-hydrogen) atoms. The van der Waals surface area contributed by atoms with Gasteiger partial charge in [-0.05, 0) is 60.5 Å². The van der Waals surface area contributed by atoms with Crippen LogP contribution in [0.1, 0.15) is 18.9 Å². The van der Waals surface area contributed by atoms with Gasteiger partial charge in [0.15, 0.2) is 17.5 Å². The molecule has 2 bridgehead atoms. The molecular weight excluding hydrogens is 430 g/mol. The summed E-state index contributed by atoms with van der Waals surface area (Å²) in [5.74, 6) is -1.17. The normalized spacial score (nSPS) is 22.1. The van der Waals surface area contributed by atoms with Crippen molar-refractivity contribution in [3.05, 3.63) is 48.3 Å². The number of tetrazole rings is 1. The van der Waals surface area contributed by atoms with E-state index in [-0.39, 0.29) is 17.3 Å². The van der Waals surface area contributed by atoms with E-state index in [0.29, 0.717) is 28.8 Å². The molecule has 10 nitrogen and oxygen atoms in total. The van der Waals surface area contributed by atoms with Gasteiger partial charge in [0.2, 0.25) is 0 Å². The smallest absolute Gasteiger partial charge is 0.190 e. The molecule has 1 aromatic carbocycles. The van der Waals surface area contributed by atoms with E-state index in [1.165, 1.54) is 25.0 Å². The molecule has 3 aliphatic rings. The minimum Gasteiger partial charge on any atom is -0.383 e. The minimum absolute atomic E-state index is 0.131. The second-order valence-electron chi connectivity index (χ2n) is 8.43. The van der Waals surface area contributed by atoms with Crippen LogP contribution in [0.2, 0.25) is 0 Å². The van der Waals surface area contributed by atoms with Crippen molar-refractivity contribution in [2.75, 3.05) is 25.4 Å². The zero-order valence-electron chi connectivity index (χ0n) is 17.5. The van der Waals surface area contributed by atoms with Crippen molar-refractivity contribution in [3.8, 4) is 28.3 Å². The van der Waals surface area contributed by atoms with Gasteiger partial charge in [0, 0.05) is 18.3 Å². The van der Waals surface area contributed by atoms with Gasteiger partial charge in [-0.25, -0.2) is 18.4 Å². The van der Waals surface area contributed by atoms with Crippen LogP contribution in [0.4, 0.5) is 14.6 Å². The number of anilines is 1. The Kier molecular flexibility index (Phi) is 4.61. The Bertz CT molecular complexity index is 1320. The number of nitrogens with zero attached hydrogens (tertiary/aromatic N) is 9. The monoisotopic (exact) mass is 450 g/mol. The maximum Gasteiger partial charge on any atom is 0.190 e. The fraction of sp³-hybridized carbons (Fsp3) is 0.333. The number of rotatable bonds is 4. The first-order chi connectivity index (χ1) is 16.1. The van der Waals surface area contributed by atoms with Crippen LogP contribution >= 0.6 is 0 Å². The molecule has 168 valence electrons. The van der Waals surface area contributed by atoms with Gasteiger partial charge >= 0.3 is 0 Å². The molecule has 0 radical (unpaired) electrons. The summed E-state index contributed by atoms with van der Waals surface area (Å²) in [5, 5.41) is 20.2. The van der Waals surface area contributed by atoms with Crippen molar-refractivity contribution >= 4 is 5.82 Å². The number of fused-ring (bicyclic) bond motifs is 3. The quantitative estimate of drug-likeness (QED) is 0.503. The molecule has 3 aromatic heterocycles. The molecule has 0 saturated carbocycles. The van der Waals surface area contributed by atoms with Gasteiger partial charge in [0.05, 0.1) is 17.8 Å². The Balaban J connectivity index is 1.36. The van der Waals surface area contributed by atoms with Gasteiger partial charge in [-0.15, -0.1) is 10.2 Å². The zero-order valence-corrected chi connectivity index (χ0v) is 17.5. The van der Waals surface area contributed by atoms with Crippen LogP contribution < -0.4 is 5.73 Å². The summed E-state index contributed by atoms with van der Waals surface area (Å²) in [6.45, 7) is 3.27. The number of halogens is 2. The summed E-state index contributed by atoms with van der Waals surface area (Å²) < 4.78 is 31.2. The Morgan fingerprint density at radius 1 is 1.06 bits per heavy atom. The molecule has 3 saturated heterocycles. The van der Waals surface area contributed by atoms with E-state index in [1.807, 2.05) is 10.9 Å². The van der Waals surface area contributed by atoms with Gasteiger partial charge in [-0.3, -0.25) is 0 Å². The van der Waals surface area contributed by atoms with Crippen LogP contribution in [0.15, 0.2) is 36.7 Å². The first kappa shape index (κ1) is 19.9. The van der Waals surface area contributed by atoms with Crippen molar-refractivity contribution in [2.45, 2.75) is 18.9 Å². The second-order valence-corrected chi connectivity index (χ2v) is 8.43. The summed E-state index contributed by atoms with van der Waals surface area (Å²) in [6.07, 6.45) is 5.86. The molecule has 3 fully saturated rings. The predicted molar refractivity (Wildman–Crippen MR) is 114 cm³/mol. The topological polar surface area (TPSA) is 116 Å². The lowest BCUT2D eigenvalue weighted by Gasteiger charge is -2.44. The van der Waals surface area contributed by atoms with Crippen molar-refractivity contribution < 1.29 is 8.78 Å². The molecule has 0 aliphatic carbocycles. The van der Waals surface area contributed by atoms with Gasteiger partial charge in [-0.2, -0.15) is 4.68 Å². The van der Waals surface area contributed by atoms with Crippen molar-refractivity contribution in [2.24, 2.45) is 5.92 Å². The van der Waals surface area contributed by atoms with Gasteiger partial charge < -0.3 is 10.6 Å². The van der Waals surface area contributed by atoms with Gasteiger partial charge in [0.1, 0.15) is 17.2 Å². The average Bonchev–Trinajstić information content (AvgIpc) is 3.52. The highest BCUT2D eigenvalue weighted by atomic mass is 19.2. The predicted octanol–water partition coefficient (Wildman–Crippen LogP) is 2.11. The molecule has 0 amide bonds. The maximum atomic E-state index is 14.4. The molecule has 12 heteroatoms. The SMILES string of the molecule is Nc1ncc(-c2cn(C3CN4CCC3CC4)nn2)cc1-c1nnnn1-c1cccc(F)c1F. The van der Waals surface area contributed by atoms with E-state index in [2.05, 4.69) is 35.7 Å².